The van der Waals surface area contributed by atoms with Gasteiger partial charge in [0.15, 0.2) is 11.6 Å². The molecule has 11 nitrogen and oxygen atoms in total. The van der Waals surface area contributed by atoms with Crippen LogP contribution in [0.3, 0.4) is 0 Å². The van der Waals surface area contributed by atoms with Gasteiger partial charge in [-0.25, -0.2) is 9.97 Å². The summed E-state index contributed by atoms with van der Waals surface area (Å²) in [7, 11) is 0. The molecule has 1 amide bonds. The molecule has 0 spiro atoms. The van der Waals surface area contributed by atoms with Crippen molar-refractivity contribution < 1.29 is 9.90 Å². The fraction of sp³-hybridized carbons (Fsp3) is 0.379. The van der Waals surface area contributed by atoms with Gasteiger partial charge in [-0.05, 0) is 66.8 Å². The quantitative estimate of drug-likeness (QED) is 0.247. The van der Waals surface area contributed by atoms with Crippen LogP contribution in [-0.2, 0) is 26.1 Å². The van der Waals surface area contributed by atoms with E-state index in [0.717, 1.165) is 55.1 Å². The Bertz CT molecular complexity index is 1410. The maximum atomic E-state index is 12.9. The number of anilines is 1. The van der Waals surface area contributed by atoms with Crippen molar-refractivity contribution in [2.75, 3.05) is 31.6 Å². The third kappa shape index (κ3) is 6.67. The van der Waals surface area contributed by atoms with Crippen molar-refractivity contribution >= 4 is 11.6 Å². The number of rotatable bonds is 12. The number of hydrogen-bond acceptors (Lipinski definition) is 9. The molecule has 0 radical (unpaired) electrons. The van der Waals surface area contributed by atoms with E-state index in [-0.39, 0.29) is 12.5 Å². The minimum absolute atomic E-state index is 0.136. The van der Waals surface area contributed by atoms with Crippen molar-refractivity contribution in [1.29, 1.82) is 0 Å². The maximum Gasteiger partial charge on any atom is 0.251 e. The molecular formula is C29H35N9O2. The predicted octanol–water partition coefficient (Wildman–Crippen LogP) is 2.55. The average Bonchev–Trinajstić information content (AvgIpc) is 3.65. The van der Waals surface area contributed by atoms with Gasteiger partial charge in [0, 0.05) is 62.6 Å². The van der Waals surface area contributed by atoms with Gasteiger partial charge in [0.2, 0.25) is 0 Å². The third-order valence-electron chi connectivity index (χ3n) is 7.31. The molecule has 1 aliphatic rings. The molecule has 0 aliphatic carbocycles. The number of aromatic nitrogens is 6. The van der Waals surface area contributed by atoms with Gasteiger partial charge >= 0.3 is 0 Å². The second-order valence-corrected chi connectivity index (χ2v) is 9.94. The van der Waals surface area contributed by atoms with Gasteiger partial charge < -0.3 is 25.2 Å². The minimum Gasteiger partial charge on any atom is -0.396 e. The lowest BCUT2D eigenvalue weighted by Crippen LogP contribution is -2.27. The summed E-state index contributed by atoms with van der Waals surface area (Å²) in [6, 6.07) is 11.2. The van der Waals surface area contributed by atoms with Crippen LogP contribution in [-0.4, -0.2) is 71.9 Å². The van der Waals surface area contributed by atoms with E-state index >= 15 is 0 Å². The lowest BCUT2D eigenvalue weighted by Gasteiger charge is -2.18. The summed E-state index contributed by atoms with van der Waals surface area (Å²) in [5.74, 6) is 1.66. The van der Waals surface area contributed by atoms with E-state index < -0.39 is 0 Å². The first-order valence-electron chi connectivity index (χ1n) is 13.7. The van der Waals surface area contributed by atoms with Crippen molar-refractivity contribution in [2.45, 2.75) is 39.4 Å². The van der Waals surface area contributed by atoms with Gasteiger partial charge in [-0.3, -0.25) is 9.78 Å². The molecule has 1 saturated heterocycles. The van der Waals surface area contributed by atoms with Gasteiger partial charge in [-0.2, -0.15) is 0 Å². The van der Waals surface area contributed by atoms with E-state index in [0.29, 0.717) is 42.6 Å². The Morgan fingerprint density at radius 1 is 1.07 bits per heavy atom. The Balaban J connectivity index is 1.26. The van der Waals surface area contributed by atoms with Crippen LogP contribution >= 0.6 is 0 Å². The van der Waals surface area contributed by atoms with Crippen molar-refractivity contribution in [3.63, 3.8) is 0 Å². The van der Waals surface area contributed by atoms with Gasteiger partial charge in [0.05, 0.1) is 6.54 Å². The number of carbonyl (C=O) groups is 1. The van der Waals surface area contributed by atoms with Crippen LogP contribution in [0.4, 0.5) is 5.69 Å². The van der Waals surface area contributed by atoms with Crippen LogP contribution in [0.2, 0.25) is 0 Å². The summed E-state index contributed by atoms with van der Waals surface area (Å²) in [4.78, 5) is 27.8. The van der Waals surface area contributed by atoms with E-state index in [2.05, 4.69) is 52.2 Å². The SMILES string of the molecule is CCc1cnccc1CNC(=O)c1cccc(NCc2nnc(-c3ccncn3)n2CCN2CC[C@H](CO)C2)c1. The molecule has 0 saturated carbocycles. The molecule has 40 heavy (non-hydrogen) atoms. The molecular weight excluding hydrogens is 506 g/mol. The summed E-state index contributed by atoms with van der Waals surface area (Å²) in [5, 5.41) is 24.8. The Morgan fingerprint density at radius 2 is 1.98 bits per heavy atom. The number of hydrogen-bond donors (Lipinski definition) is 3. The molecule has 11 heteroatoms. The number of benzene rings is 1. The molecule has 0 bridgehead atoms. The first-order valence-corrected chi connectivity index (χ1v) is 13.7. The number of likely N-dealkylation sites (tertiary alicyclic amines) is 1. The van der Waals surface area contributed by atoms with E-state index in [1.807, 2.05) is 36.5 Å². The van der Waals surface area contributed by atoms with Gasteiger partial charge in [-0.15, -0.1) is 10.2 Å². The highest BCUT2D eigenvalue weighted by molar-refractivity contribution is 5.95. The molecule has 1 aromatic carbocycles. The zero-order valence-electron chi connectivity index (χ0n) is 22.7. The zero-order chi connectivity index (χ0) is 27.7. The first-order chi connectivity index (χ1) is 19.6. The van der Waals surface area contributed by atoms with Crippen molar-refractivity contribution in [3.05, 3.63) is 83.8 Å². The number of pyridine rings is 1. The maximum absolute atomic E-state index is 12.9. The number of aryl methyl sites for hydroxylation is 1. The molecule has 208 valence electrons. The minimum atomic E-state index is -0.136. The number of nitrogens with one attached hydrogen (secondary N) is 2. The normalized spacial score (nSPS) is 15.3. The van der Waals surface area contributed by atoms with Gasteiger partial charge in [0.25, 0.3) is 5.91 Å². The second-order valence-electron chi connectivity index (χ2n) is 9.94. The number of aliphatic hydroxyl groups is 1. The molecule has 0 unspecified atom stereocenters. The summed E-state index contributed by atoms with van der Waals surface area (Å²) >= 11 is 0. The van der Waals surface area contributed by atoms with E-state index in [1.165, 1.54) is 6.33 Å². The monoisotopic (exact) mass is 541 g/mol. The van der Waals surface area contributed by atoms with Crippen LogP contribution in [0.1, 0.15) is 40.7 Å². The molecule has 1 fully saturated rings. The zero-order valence-corrected chi connectivity index (χ0v) is 22.7. The first kappa shape index (κ1) is 27.4. The lowest BCUT2D eigenvalue weighted by atomic mass is 10.1. The average molecular weight is 542 g/mol. The standard InChI is InChI=1S/C29H35N9O2/c1-2-22-15-30-9-6-24(22)16-33-29(40)23-4-3-5-25(14-23)32-17-27-35-36-28(26-7-10-31-20-34-26)38(27)13-12-37-11-8-21(18-37)19-39/h3-7,9-10,14-15,20-21,32,39H,2,8,11-13,16-19H2,1H3,(H,33,40)/t21-/m0/s1. The van der Waals surface area contributed by atoms with Crippen molar-refractivity contribution in [3.8, 4) is 11.5 Å². The Labute approximate surface area is 233 Å². The molecule has 4 heterocycles. The second kappa shape index (κ2) is 13.2. The fourth-order valence-corrected chi connectivity index (χ4v) is 5.00. The fourth-order valence-electron chi connectivity index (χ4n) is 5.00. The van der Waals surface area contributed by atoms with E-state index in [9.17, 15) is 9.90 Å². The van der Waals surface area contributed by atoms with E-state index in [1.54, 1.807) is 18.5 Å². The van der Waals surface area contributed by atoms with E-state index in [4.69, 9.17) is 0 Å². The number of nitrogens with zero attached hydrogens (tertiary/aromatic N) is 7. The summed E-state index contributed by atoms with van der Waals surface area (Å²) in [6.45, 7) is 6.57. The predicted molar refractivity (Wildman–Crippen MR) is 151 cm³/mol. The highest BCUT2D eigenvalue weighted by Gasteiger charge is 2.23. The largest absolute Gasteiger partial charge is 0.396 e. The van der Waals surface area contributed by atoms with Crippen molar-refractivity contribution in [2.24, 2.45) is 5.92 Å². The number of aliphatic hydroxyl groups excluding tert-OH is 1. The molecule has 4 aromatic rings. The van der Waals surface area contributed by atoms with Crippen molar-refractivity contribution in [1.82, 2.24) is 39.9 Å². The smallest absolute Gasteiger partial charge is 0.251 e. The van der Waals surface area contributed by atoms with Crippen LogP contribution in [0.5, 0.6) is 0 Å². The Hall–Kier alpha value is -4.22. The molecule has 5 rings (SSSR count). The third-order valence-corrected chi connectivity index (χ3v) is 7.31. The summed E-state index contributed by atoms with van der Waals surface area (Å²) < 4.78 is 2.08. The number of amides is 1. The Morgan fingerprint density at radius 3 is 2.77 bits per heavy atom. The summed E-state index contributed by atoms with van der Waals surface area (Å²) in [6.07, 6.45) is 8.67. The molecule has 1 atom stereocenters. The van der Waals surface area contributed by atoms with Crippen LogP contribution in [0, 0.1) is 5.92 Å². The number of carbonyl (C=O) groups excluding carboxylic acids is 1. The molecule has 3 N–H and O–H groups in total. The summed E-state index contributed by atoms with van der Waals surface area (Å²) in [5.41, 5.74) is 4.30. The molecule has 3 aromatic heterocycles. The van der Waals surface area contributed by atoms with Crippen LogP contribution in [0.15, 0.2) is 61.3 Å². The van der Waals surface area contributed by atoms with Crippen LogP contribution in [0.25, 0.3) is 11.5 Å². The molecule has 1 aliphatic heterocycles. The lowest BCUT2D eigenvalue weighted by molar-refractivity contribution is 0.0951. The highest BCUT2D eigenvalue weighted by atomic mass is 16.3. The van der Waals surface area contributed by atoms with Crippen LogP contribution < -0.4 is 10.6 Å². The van der Waals surface area contributed by atoms with Gasteiger partial charge in [-0.1, -0.05) is 13.0 Å². The Kier molecular flexibility index (Phi) is 9.04. The van der Waals surface area contributed by atoms with Gasteiger partial charge in [0.1, 0.15) is 12.0 Å². The topological polar surface area (TPSA) is 134 Å². The highest BCUT2D eigenvalue weighted by Crippen LogP contribution is 2.20.